The van der Waals surface area contributed by atoms with Crippen LogP contribution >= 0.6 is 0 Å². The molecule has 66 valence electrons. The van der Waals surface area contributed by atoms with Gasteiger partial charge in [0.25, 0.3) is 0 Å². The Morgan fingerprint density at radius 3 is 2.75 bits per heavy atom. The van der Waals surface area contributed by atoms with E-state index in [0.29, 0.717) is 11.8 Å². The van der Waals surface area contributed by atoms with Crippen LogP contribution in [-0.4, -0.2) is 17.9 Å². The third kappa shape index (κ3) is 2.31. The van der Waals surface area contributed by atoms with Crippen molar-refractivity contribution in [1.29, 1.82) is 0 Å². The molecule has 0 saturated heterocycles. The van der Waals surface area contributed by atoms with Gasteiger partial charge in [-0.1, -0.05) is 13.2 Å². The highest BCUT2D eigenvalue weighted by atomic mass is 16.3. The molecule has 0 radical (unpaired) electrons. The minimum absolute atomic E-state index is 0.256. The molecule has 0 aromatic carbocycles. The van der Waals surface area contributed by atoms with Crippen LogP contribution in [-0.2, 0) is 0 Å². The zero-order chi connectivity index (χ0) is 9.14. The summed E-state index contributed by atoms with van der Waals surface area (Å²) in [6.07, 6.45) is 2.75. The minimum Gasteiger partial charge on any atom is -0.396 e. The van der Waals surface area contributed by atoms with E-state index < -0.39 is 0 Å². The first-order valence-electron chi connectivity index (χ1n) is 4.14. The largest absolute Gasteiger partial charge is 0.396 e. The predicted octanol–water partition coefficient (Wildman–Crippen LogP) is 1.78. The normalized spacial score (nSPS) is 27.5. The Hall–Kier alpha value is -0.890. The first-order valence-corrected chi connectivity index (χ1v) is 4.14. The van der Waals surface area contributed by atoms with Crippen molar-refractivity contribution in [2.24, 2.45) is 16.8 Å². The molecule has 2 nitrogen and oxygen atoms in total. The summed E-state index contributed by atoms with van der Waals surface area (Å²) >= 11 is 0. The molecule has 0 aromatic rings. The number of allylic oxidation sites excluding steroid dienone is 2. The summed E-state index contributed by atoms with van der Waals surface area (Å²) in [5, 5.41) is 8.79. The van der Waals surface area contributed by atoms with Gasteiger partial charge in [-0.3, -0.25) is 4.99 Å². The number of rotatable bonds is 4. The van der Waals surface area contributed by atoms with E-state index in [9.17, 15) is 0 Å². The van der Waals surface area contributed by atoms with Crippen molar-refractivity contribution in [3.05, 3.63) is 24.4 Å². The molecule has 0 bridgehead atoms. The summed E-state index contributed by atoms with van der Waals surface area (Å²) in [7, 11) is 0. The number of nitrogens with zero attached hydrogens (tertiary/aromatic N) is 1. The van der Waals surface area contributed by atoms with Crippen molar-refractivity contribution in [2.45, 2.75) is 13.3 Å². The van der Waals surface area contributed by atoms with Gasteiger partial charge < -0.3 is 5.11 Å². The van der Waals surface area contributed by atoms with Gasteiger partial charge in [0.2, 0.25) is 0 Å². The molecule has 1 fully saturated rings. The molecule has 2 atom stereocenters. The molecule has 0 aliphatic heterocycles. The Bertz CT molecular complexity index is 230. The highest BCUT2D eigenvalue weighted by molar-refractivity contribution is 5.77. The molecule has 1 rings (SSSR count). The van der Waals surface area contributed by atoms with Gasteiger partial charge in [-0.2, -0.15) is 0 Å². The quantitative estimate of drug-likeness (QED) is 0.633. The molecular weight excluding hydrogens is 150 g/mol. The van der Waals surface area contributed by atoms with E-state index >= 15 is 0 Å². The monoisotopic (exact) mass is 165 g/mol. The molecule has 1 aliphatic rings. The third-order valence-corrected chi connectivity index (χ3v) is 2.04. The molecule has 1 saturated carbocycles. The van der Waals surface area contributed by atoms with Crippen LogP contribution in [0, 0.1) is 11.8 Å². The minimum atomic E-state index is 0.256. The van der Waals surface area contributed by atoms with E-state index in [-0.39, 0.29) is 6.61 Å². The molecular formula is C10H15NO. The lowest BCUT2D eigenvalue weighted by molar-refractivity contribution is 0.271. The second kappa shape index (κ2) is 3.68. The number of aliphatic hydroxyl groups is 1. The number of hydrogen-bond acceptors (Lipinski definition) is 2. The van der Waals surface area contributed by atoms with Crippen molar-refractivity contribution in [1.82, 2.24) is 0 Å². The Balaban J connectivity index is 2.36. The number of aliphatic imine (C=N–C) groups is 1. The average molecular weight is 165 g/mol. The lowest BCUT2D eigenvalue weighted by Gasteiger charge is -1.95. The van der Waals surface area contributed by atoms with Crippen LogP contribution in [0.1, 0.15) is 13.3 Å². The molecule has 2 heteroatoms. The lowest BCUT2D eigenvalue weighted by atomic mass is 10.2. The molecule has 12 heavy (non-hydrogen) atoms. The predicted molar refractivity (Wildman–Crippen MR) is 51.1 cm³/mol. The van der Waals surface area contributed by atoms with Crippen molar-refractivity contribution in [3.8, 4) is 0 Å². The van der Waals surface area contributed by atoms with Crippen LogP contribution in [0.5, 0.6) is 0 Å². The van der Waals surface area contributed by atoms with Crippen molar-refractivity contribution >= 4 is 6.21 Å². The van der Waals surface area contributed by atoms with Gasteiger partial charge in [0.15, 0.2) is 0 Å². The van der Waals surface area contributed by atoms with Gasteiger partial charge in [0, 0.05) is 24.4 Å². The maximum absolute atomic E-state index is 8.79. The molecule has 1 unspecified atom stereocenters. The summed E-state index contributed by atoms with van der Waals surface area (Å²) < 4.78 is 0. The van der Waals surface area contributed by atoms with Crippen LogP contribution in [0.4, 0.5) is 0 Å². The SMILES string of the molecule is C=C(C)C=NC(=C)[C@@H]1CC1CO. The van der Waals surface area contributed by atoms with Gasteiger partial charge in [0.05, 0.1) is 0 Å². The fourth-order valence-electron chi connectivity index (χ4n) is 1.15. The number of aliphatic hydroxyl groups excluding tert-OH is 1. The maximum Gasteiger partial charge on any atom is 0.0465 e. The van der Waals surface area contributed by atoms with Gasteiger partial charge in [-0.15, -0.1) is 0 Å². The highest BCUT2D eigenvalue weighted by Crippen LogP contribution is 2.43. The van der Waals surface area contributed by atoms with Crippen LogP contribution in [0.2, 0.25) is 0 Å². The molecule has 0 heterocycles. The average Bonchev–Trinajstić information content (AvgIpc) is 2.78. The van der Waals surface area contributed by atoms with Crippen molar-refractivity contribution in [2.75, 3.05) is 6.61 Å². The number of hydrogen-bond donors (Lipinski definition) is 1. The van der Waals surface area contributed by atoms with E-state index in [4.69, 9.17) is 5.11 Å². The van der Waals surface area contributed by atoms with Crippen molar-refractivity contribution < 1.29 is 5.11 Å². The van der Waals surface area contributed by atoms with Crippen LogP contribution in [0.3, 0.4) is 0 Å². The Morgan fingerprint density at radius 1 is 1.67 bits per heavy atom. The Morgan fingerprint density at radius 2 is 2.33 bits per heavy atom. The molecule has 0 spiro atoms. The van der Waals surface area contributed by atoms with Crippen LogP contribution in [0.25, 0.3) is 0 Å². The topological polar surface area (TPSA) is 32.6 Å². The van der Waals surface area contributed by atoms with Gasteiger partial charge >= 0.3 is 0 Å². The molecule has 0 amide bonds. The second-order valence-corrected chi connectivity index (χ2v) is 3.38. The Labute approximate surface area is 73.3 Å². The van der Waals surface area contributed by atoms with E-state index in [2.05, 4.69) is 18.2 Å². The summed E-state index contributed by atoms with van der Waals surface area (Å²) in [5.74, 6) is 0.811. The molecule has 1 N–H and O–H groups in total. The van der Waals surface area contributed by atoms with Crippen LogP contribution in [0.15, 0.2) is 29.4 Å². The zero-order valence-electron chi connectivity index (χ0n) is 7.45. The smallest absolute Gasteiger partial charge is 0.0465 e. The summed E-state index contributed by atoms with van der Waals surface area (Å²) in [6, 6.07) is 0. The Kier molecular flexibility index (Phi) is 2.82. The van der Waals surface area contributed by atoms with Gasteiger partial charge in [-0.25, -0.2) is 0 Å². The highest BCUT2D eigenvalue weighted by Gasteiger charge is 2.38. The molecule has 0 aromatic heterocycles. The fourth-order valence-corrected chi connectivity index (χ4v) is 1.15. The van der Waals surface area contributed by atoms with Crippen molar-refractivity contribution in [3.63, 3.8) is 0 Å². The van der Waals surface area contributed by atoms with Gasteiger partial charge in [-0.05, 0) is 24.8 Å². The maximum atomic E-state index is 8.79. The lowest BCUT2D eigenvalue weighted by Crippen LogP contribution is -1.90. The van der Waals surface area contributed by atoms with E-state index in [1.807, 2.05) is 6.92 Å². The third-order valence-electron chi connectivity index (χ3n) is 2.04. The summed E-state index contributed by atoms with van der Waals surface area (Å²) in [5.41, 5.74) is 1.80. The van der Waals surface area contributed by atoms with Crippen LogP contribution < -0.4 is 0 Å². The van der Waals surface area contributed by atoms with E-state index in [0.717, 1.165) is 17.7 Å². The first kappa shape index (κ1) is 9.20. The summed E-state index contributed by atoms with van der Waals surface area (Å²) in [6.45, 7) is 9.70. The van der Waals surface area contributed by atoms with E-state index in [1.54, 1.807) is 6.21 Å². The fraction of sp³-hybridized carbons (Fsp3) is 0.500. The van der Waals surface area contributed by atoms with E-state index in [1.165, 1.54) is 0 Å². The summed E-state index contributed by atoms with van der Waals surface area (Å²) in [4.78, 5) is 4.15. The molecule has 1 aliphatic carbocycles. The standard InChI is InChI=1S/C10H15NO/c1-7(2)5-11-8(3)10-4-9(10)6-12/h5,9-10,12H,1,3-4,6H2,2H3/t9?,10-/m0/s1. The zero-order valence-corrected chi connectivity index (χ0v) is 7.45. The first-order chi connectivity index (χ1) is 5.65. The van der Waals surface area contributed by atoms with Gasteiger partial charge in [0.1, 0.15) is 0 Å². The second-order valence-electron chi connectivity index (χ2n) is 3.38.